The Labute approximate surface area is 158 Å². The van der Waals surface area contributed by atoms with Gasteiger partial charge in [-0.3, -0.25) is 9.59 Å². The van der Waals surface area contributed by atoms with E-state index in [0.29, 0.717) is 36.1 Å². The predicted molar refractivity (Wildman–Crippen MR) is 105 cm³/mol. The summed E-state index contributed by atoms with van der Waals surface area (Å²) in [7, 11) is 0. The van der Waals surface area contributed by atoms with Crippen molar-refractivity contribution in [2.45, 2.75) is 13.8 Å². The van der Waals surface area contributed by atoms with E-state index in [-0.39, 0.29) is 0 Å². The van der Waals surface area contributed by atoms with Crippen LogP contribution in [0.1, 0.15) is 13.8 Å². The third kappa shape index (κ3) is 4.49. The molecule has 2 N–H and O–H groups in total. The number of fused-ring (bicyclic) bond motifs is 1. The summed E-state index contributed by atoms with van der Waals surface area (Å²) >= 11 is 0. The molecule has 0 saturated carbocycles. The highest BCUT2D eigenvalue weighted by Gasteiger charge is 2.17. The van der Waals surface area contributed by atoms with E-state index in [9.17, 15) is 9.59 Å². The summed E-state index contributed by atoms with van der Waals surface area (Å²) in [5.74, 6) is -0.316. The van der Waals surface area contributed by atoms with Crippen LogP contribution in [-0.2, 0) is 9.59 Å². The Bertz CT molecular complexity index is 816. The Balaban J connectivity index is 1.60. The van der Waals surface area contributed by atoms with Gasteiger partial charge in [-0.15, -0.1) is 0 Å². The summed E-state index contributed by atoms with van der Waals surface area (Å²) in [4.78, 5) is 26.5. The summed E-state index contributed by atoms with van der Waals surface area (Å²) in [5.41, 5.74) is 2.10. The van der Waals surface area contributed by atoms with E-state index in [1.165, 1.54) is 0 Å². The van der Waals surface area contributed by atoms with E-state index in [4.69, 9.17) is 9.47 Å². The second kappa shape index (κ2) is 8.44. The molecule has 1 aliphatic rings. The molecule has 0 bridgehead atoms. The van der Waals surface area contributed by atoms with Crippen molar-refractivity contribution < 1.29 is 19.1 Å². The van der Waals surface area contributed by atoms with Crippen molar-refractivity contribution in [2.24, 2.45) is 0 Å². The molecule has 0 saturated heterocycles. The number of amides is 2. The number of rotatable bonds is 5. The van der Waals surface area contributed by atoms with Gasteiger partial charge >= 0.3 is 11.8 Å². The molecule has 27 heavy (non-hydrogen) atoms. The third-order valence-electron chi connectivity index (χ3n) is 4.26. The van der Waals surface area contributed by atoms with Gasteiger partial charge in [-0.25, -0.2) is 0 Å². The molecule has 0 unspecified atom stereocenters. The Hall–Kier alpha value is -3.22. The number of benzene rings is 2. The van der Waals surface area contributed by atoms with Crippen LogP contribution in [-0.4, -0.2) is 38.1 Å². The summed E-state index contributed by atoms with van der Waals surface area (Å²) in [5, 5.41) is 5.17. The van der Waals surface area contributed by atoms with Gasteiger partial charge in [0.2, 0.25) is 0 Å². The Kier molecular flexibility index (Phi) is 5.80. The molecule has 0 aliphatic carbocycles. The maximum Gasteiger partial charge on any atom is 0.314 e. The first-order valence-corrected chi connectivity index (χ1v) is 8.97. The number of carbonyl (C=O) groups excluding carboxylic acids is 2. The zero-order valence-electron chi connectivity index (χ0n) is 15.5. The molecule has 2 amide bonds. The van der Waals surface area contributed by atoms with E-state index in [0.717, 1.165) is 18.8 Å². The second-order valence-corrected chi connectivity index (χ2v) is 5.99. The molecule has 2 aromatic rings. The second-order valence-electron chi connectivity index (χ2n) is 5.99. The van der Waals surface area contributed by atoms with Gasteiger partial charge in [0.15, 0.2) is 11.5 Å². The first-order valence-electron chi connectivity index (χ1n) is 8.97. The number of nitrogens with zero attached hydrogens (tertiary/aromatic N) is 1. The molecule has 142 valence electrons. The lowest BCUT2D eigenvalue weighted by molar-refractivity contribution is -0.133. The molecule has 1 aliphatic heterocycles. The molecule has 0 aromatic heterocycles. The van der Waals surface area contributed by atoms with Gasteiger partial charge in [0.25, 0.3) is 0 Å². The molecule has 2 aromatic carbocycles. The molecule has 0 fully saturated rings. The molecule has 7 heteroatoms. The number of anilines is 3. The monoisotopic (exact) mass is 369 g/mol. The largest absolute Gasteiger partial charge is 0.486 e. The number of hydrogen-bond donors (Lipinski definition) is 2. The van der Waals surface area contributed by atoms with E-state index in [2.05, 4.69) is 29.4 Å². The highest BCUT2D eigenvalue weighted by molar-refractivity contribution is 6.43. The van der Waals surface area contributed by atoms with E-state index < -0.39 is 11.8 Å². The summed E-state index contributed by atoms with van der Waals surface area (Å²) in [6.45, 7) is 6.92. The first-order chi connectivity index (χ1) is 13.1. The smallest absolute Gasteiger partial charge is 0.314 e. The summed E-state index contributed by atoms with van der Waals surface area (Å²) in [6, 6.07) is 12.4. The molecule has 0 spiro atoms. The maximum atomic E-state index is 12.1. The lowest BCUT2D eigenvalue weighted by Crippen LogP contribution is -2.29. The number of ether oxygens (including phenoxy) is 2. The normalized spacial score (nSPS) is 12.2. The fourth-order valence-corrected chi connectivity index (χ4v) is 2.84. The molecule has 3 rings (SSSR count). The maximum absolute atomic E-state index is 12.1. The lowest BCUT2D eigenvalue weighted by atomic mass is 10.2. The predicted octanol–water partition coefficient (Wildman–Crippen LogP) is 2.88. The molecule has 0 atom stereocenters. The van der Waals surface area contributed by atoms with Crippen LogP contribution in [0.25, 0.3) is 0 Å². The van der Waals surface area contributed by atoms with Gasteiger partial charge in [0, 0.05) is 36.2 Å². The first kappa shape index (κ1) is 18.6. The molecule has 7 nitrogen and oxygen atoms in total. The van der Waals surface area contributed by atoms with Crippen molar-refractivity contribution in [3.8, 4) is 11.5 Å². The molecular formula is C20H23N3O4. The van der Waals surface area contributed by atoms with E-state index in [1.54, 1.807) is 30.3 Å². The van der Waals surface area contributed by atoms with Crippen LogP contribution in [0.4, 0.5) is 17.1 Å². The average Bonchev–Trinajstić information content (AvgIpc) is 2.70. The Morgan fingerprint density at radius 1 is 0.852 bits per heavy atom. The molecular weight excluding hydrogens is 346 g/mol. The summed E-state index contributed by atoms with van der Waals surface area (Å²) in [6.07, 6.45) is 0. The van der Waals surface area contributed by atoms with Gasteiger partial charge in [0.05, 0.1) is 0 Å². The summed E-state index contributed by atoms with van der Waals surface area (Å²) < 4.78 is 10.9. The van der Waals surface area contributed by atoms with Crippen molar-refractivity contribution in [2.75, 3.05) is 41.8 Å². The minimum Gasteiger partial charge on any atom is -0.486 e. The van der Waals surface area contributed by atoms with Gasteiger partial charge in [-0.2, -0.15) is 0 Å². The van der Waals surface area contributed by atoms with Crippen molar-refractivity contribution in [3.05, 3.63) is 42.5 Å². The quantitative estimate of drug-likeness (QED) is 0.792. The highest BCUT2D eigenvalue weighted by Crippen LogP contribution is 2.32. The van der Waals surface area contributed by atoms with Crippen LogP contribution in [0.2, 0.25) is 0 Å². The van der Waals surface area contributed by atoms with Crippen LogP contribution in [0.5, 0.6) is 11.5 Å². The number of carbonyl (C=O) groups is 2. The van der Waals surface area contributed by atoms with Gasteiger partial charge in [-0.1, -0.05) is 0 Å². The zero-order chi connectivity index (χ0) is 19.2. The van der Waals surface area contributed by atoms with Crippen LogP contribution >= 0.6 is 0 Å². The zero-order valence-corrected chi connectivity index (χ0v) is 15.5. The van der Waals surface area contributed by atoms with E-state index >= 15 is 0 Å². The Morgan fingerprint density at radius 2 is 1.41 bits per heavy atom. The molecule has 0 radical (unpaired) electrons. The van der Waals surface area contributed by atoms with Crippen LogP contribution < -0.4 is 25.0 Å². The van der Waals surface area contributed by atoms with Crippen LogP contribution in [0.3, 0.4) is 0 Å². The van der Waals surface area contributed by atoms with Crippen LogP contribution in [0, 0.1) is 0 Å². The topological polar surface area (TPSA) is 79.9 Å². The molecule has 1 heterocycles. The van der Waals surface area contributed by atoms with Crippen LogP contribution in [0.15, 0.2) is 42.5 Å². The number of nitrogens with one attached hydrogen (secondary N) is 2. The van der Waals surface area contributed by atoms with Crippen molar-refractivity contribution >= 4 is 28.9 Å². The van der Waals surface area contributed by atoms with Gasteiger partial charge in [-0.05, 0) is 50.2 Å². The van der Waals surface area contributed by atoms with Gasteiger partial charge < -0.3 is 25.0 Å². The fourth-order valence-electron chi connectivity index (χ4n) is 2.84. The Morgan fingerprint density at radius 3 is 2.04 bits per heavy atom. The highest BCUT2D eigenvalue weighted by atomic mass is 16.6. The standard InChI is InChI=1S/C20H23N3O4/c1-3-23(4-2)16-8-5-14(6-9-16)21-19(24)20(25)22-15-7-10-17-18(13-15)27-12-11-26-17/h5-10,13H,3-4,11-12H2,1-2H3,(H,21,24)(H,22,25). The number of hydrogen-bond acceptors (Lipinski definition) is 5. The van der Waals surface area contributed by atoms with Crippen molar-refractivity contribution in [3.63, 3.8) is 0 Å². The lowest BCUT2D eigenvalue weighted by Gasteiger charge is -2.21. The average molecular weight is 369 g/mol. The van der Waals surface area contributed by atoms with Gasteiger partial charge in [0.1, 0.15) is 13.2 Å². The SMILES string of the molecule is CCN(CC)c1ccc(NC(=O)C(=O)Nc2ccc3c(c2)OCCO3)cc1. The van der Waals surface area contributed by atoms with E-state index in [1.807, 2.05) is 12.1 Å². The minimum absolute atomic E-state index is 0.453. The minimum atomic E-state index is -0.750. The van der Waals surface area contributed by atoms with Crippen molar-refractivity contribution in [1.29, 1.82) is 0 Å². The fraction of sp³-hybridized carbons (Fsp3) is 0.300. The third-order valence-corrected chi connectivity index (χ3v) is 4.26. The van der Waals surface area contributed by atoms with Crippen molar-refractivity contribution in [1.82, 2.24) is 0 Å².